The van der Waals surface area contributed by atoms with Gasteiger partial charge < -0.3 is 0 Å². The Kier molecular flexibility index (Phi) is 4.90. The first-order valence-corrected chi connectivity index (χ1v) is 11.0. The van der Waals surface area contributed by atoms with Gasteiger partial charge in [-0.25, -0.2) is 13.4 Å². The van der Waals surface area contributed by atoms with E-state index in [0.717, 1.165) is 16.3 Å². The Balaban J connectivity index is 1.98. The molecule has 2 heterocycles. The van der Waals surface area contributed by atoms with Gasteiger partial charge in [-0.3, -0.25) is 9.40 Å². The van der Waals surface area contributed by atoms with Gasteiger partial charge in [0.1, 0.15) is 9.90 Å². The molecule has 6 nitrogen and oxygen atoms in total. The van der Waals surface area contributed by atoms with E-state index in [1.807, 2.05) is 45.2 Å². The number of aryl methyl sites for hydroxylation is 2. The molecule has 27 heavy (non-hydrogen) atoms. The van der Waals surface area contributed by atoms with Crippen molar-refractivity contribution in [2.24, 2.45) is 0 Å². The minimum Gasteiger partial charge on any atom is -0.279 e. The third-order valence-electron chi connectivity index (χ3n) is 4.11. The summed E-state index contributed by atoms with van der Waals surface area (Å²) in [6, 6.07) is 7.28. The molecule has 3 rings (SSSR count). The maximum atomic E-state index is 13.1. The summed E-state index contributed by atoms with van der Waals surface area (Å²) in [7, 11) is -3.76. The van der Waals surface area contributed by atoms with Gasteiger partial charge in [-0.05, 0) is 53.7 Å². The van der Waals surface area contributed by atoms with Crippen LogP contribution in [-0.2, 0) is 15.6 Å². The maximum Gasteiger partial charge on any atom is 0.265 e. The van der Waals surface area contributed by atoms with Crippen LogP contribution in [0.25, 0.3) is 10.6 Å². The molecule has 0 atom stereocenters. The summed E-state index contributed by atoms with van der Waals surface area (Å²) >= 11 is 1.53. The number of thiazole rings is 1. The maximum absolute atomic E-state index is 13.1. The number of sulfonamides is 1. The van der Waals surface area contributed by atoms with E-state index in [1.54, 1.807) is 30.7 Å². The second kappa shape index (κ2) is 6.76. The van der Waals surface area contributed by atoms with Gasteiger partial charge in [0.05, 0.1) is 16.9 Å². The summed E-state index contributed by atoms with van der Waals surface area (Å²) in [5.74, 6) is 0. The largest absolute Gasteiger partial charge is 0.279 e. The lowest BCUT2D eigenvalue weighted by Gasteiger charge is -2.21. The fourth-order valence-electron chi connectivity index (χ4n) is 3.08. The molecule has 8 heteroatoms. The van der Waals surface area contributed by atoms with E-state index in [0.29, 0.717) is 17.1 Å². The molecule has 0 aliphatic rings. The Morgan fingerprint density at radius 1 is 1.15 bits per heavy atom. The smallest absolute Gasteiger partial charge is 0.265 e. The highest BCUT2D eigenvalue weighted by Gasteiger charge is 2.28. The van der Waals surface area contributed by atoms with Crippen molar-refractivity contribution in [3.63, 3.8) is 0 Å². The first-order valence-electron chi connectivity index (χ1n) is 8.61. The molecular formula is C19H24N4O2S2. The summed E-state index contributed by atoms with van der Waals surface area (Å²) in [4.78, 5) is 4.69. The molecule has 0 unspecified atom stereocenters. The SMILES string of the molecule is Cc1csc(-c2cccc(NS(=O)(=O)c3c(C)nn(C(C)(C)C)c3C)c2)n1. The van der Waals surface area contributed by atoms with Gasteiger partial charge in [0.2, 0.25) is 0 Å². The zero-order chi connectivity index (χ0) is 20.0. The average Bonchev–Trinajstić information content (AvgIpc) is 3.10. The number of aromatic nitrogens is 3. The zero-order valence-corrected chi connectivity index (χ0v) is 18.0. The molecule has 0 fully saturated rings. The van der Waals surface area contributed by atoms with Crippen LogP contribution in [-0.4, -0.2) is 23.2 Å². The second-order valence-corrected chi connectivity index (χ2v) is 10.0. The lowest BCUT2D eigenvalue weighted by Crippen LogP contribution is -2.25. The third-order valence-corrected chi connectivity index (χ3v) is 6.75. The molecule has 0 saturated heterocycles. The van der Waals surface area contributed by atoms with E-state index < -0.39 is 10.0 Å². The number of rotatable bonds is 4. The lowest BCUT2D eigenvalue weighted by atomic mass is 10.1. The number of benzene rings is 1. The lowest BCUT2D eigenvalue weighted by molar-refractivity contribution is 0.345. The van der Waals surface area contributed by atoms with Gasteiger partial charge in [-0.2, -0.15) is 5.10 Å². The molecule has 0 saturated carbocycles. The first-order chi connectivity index (χ1) is 12.5. The van der Waals surface area contributed by atoms with E-state index in [1.165, 1.54) is 11.3 Å². The van der Waals surface area contributed by atoms with Crippen LogP contribution in [0.2, 0.25) is 0 Å². The average molecular weight is 405 g/mol. The molecule has 2 aromatic heterocycles. The summed E-state index contributed by atoms with van der Waals surface area (Å²) in [6.07, 6.45) is 0. The normalized spacial score (nSPS) is 12.4. The Morgan fingerprint density at radius 3 is 2.41 bits per heavy atom. The van der Waals surface area contributed by atoms with Crippen molar-refractivity contribution in [1.82, 2.24) is 14.8 Å². The molecule has 0 aliphatic heterocycles. The topological polar surface area (TPSA) is 76.9 Å². The fraction of sp³-hybridized carbons (Fsp3) is 0.368. The summed E-state index contributed by atoms with van der Waals surface area (Å²) in [6.45, 7) is 11.4. The van der Waals surface area contributed by atoms with E-state index in [-0.39, 0.29) is 10.4 Å². The first kappa shape index (κ1) is 19.6. The standard InChI is InChI=1S/C19H24N4O2S2/c1-12-11-26-18(20-12)15-8-7-9-16(10-15)22-27(24,25)17-13(2)21-23(14(17)3)19(4,5)6/h7-11,22H,1-6H3. The van der Waals surface area contributed by atoms with Crippen molar-refractivity contribution in [1.29, 1.82) is 0 Å². The third kappa shape index (κ3) is 3.91. The number of hydrogen-bond donors (Lipinski definition) is 1. The van der Waals surface area contributed by atoms with Crippen LogP contribution in [0.5, 0.6) is 0 Å². The molecule has 3 aromatic rings. The molecular weight excluding hydrogens is 380 g/mol. The van der Waals surface area contributed by atoms with Crippen LogP contribution in [0.15, 0.2) is 34.5 Å². The molecule has 1 aromatic carbocycles. The number of nitrogens with zero attached hydrogens (tertiary/aromatic N) is 3. The Hall–Kier alpha value is -2.19. The van der Waals surface area contributed by atoms with Gasteiger partial charge in [0.15, 0.2) is 0 Å². The minimum absolute atomic E-state index is 0.230. The predicted molar refractivity (Wildman–Crippen MR) is 110 cm³/mol. The van der Waals surface area contributed by atoms with E-state index in [9.17, 15) is 8.42 Å². The molecule has 0 bridgehead atoms. The number of hydrogen-bond acceptors (Lipinski definition) is 5. The molecule has 144 valence electrons. The Morgan fingerprint density at radius 2 is 1.85 bits per heavy atom. The van der Waals surface area contributed by atoms with Gasteiger partial charge in [-0.15, -0.1) is 11.3 Å². The molecule has 1 N–H and O–H groups in total. The van der Waals surface area contributed by atoms with Crippen LogP contribution in [0, 0.1) is 20.8 Å². The van der Waals surface area contributed by atoms with Crippen molar-refractivity contribution < 1.29 is 8.42 Å². The minimum atomic E-state index is -3.76. The highest BCUT2D eigenvalue weighted by atomic mass is 32.2. The van der Waals surface area contributed by atoms with Gasteiger partial charge in [0.25, 0.3) is 10.0 Å². The van der Waals surface area contributed by atoms with E-state index in [4.69, 9.17) is 0 Å². The summed E-state index contributed by atoms with van der Waals surface area (Å²) in [5, 5.41) is 7.28. The van der Waals surface area contributed by atoms with Crippen LogP contribution in [0.4, 0.5) is 5.69 Å². The summed E-state index contributed by atoms with van der Waals surface area (Å²) < 4.78 is 30.6. The molecule has 0 spiro atoms. The van der Waals surface area contributed by atoms with Crippen molar-refractivity contribution in [3.8, 4) is 10.6 Å². The van der Waals surface area contributed by atoms with E-state index >= 15 is 0 Å². The fourth-order valence-corrected chi connectivity index (χ4v) is 5.32. The van der Waals surface area contributed by atoms with E-state index in [2.05, 4.69) is 14.8 Å². The molecule has 0 amide bonds. The van der Waals surface area contributed by atoms with Crippen LogP contribution in [0.3, 0.4) is 0 Å². The quantitative estimate of drug-likeness (QED) is 0.695. The van der Waals surface area contributed by atoms with Crippen LogP contribution in [0.1, 0.15) is 37.9 Å². The molecule has 0 radical (unpaired) electrons. The Bertz CT molecular complexity index is 1090. The number of anilines is 1. The second-order valence-electron chi connectivity index (χ2n) is 7.56. The monoisotopic (exact) mass is 404 g/mol. The van der Waals surface area contributed by atoms with Crippen molar-refractivity contribution >= 4 is 27.0 Å². The summed E-state index contributed by atoms with van der Waals surface area (Å²) in [5.41, 5.74) is 3.14. The highest BCUT2D eigenvalue weighted by Crippen LogP contribution is 2.29. The van der Waals surface area contributed by atoms with Crippen LogP contribution >= 0.6 is 11.3 Å². The van der Waals surface area contributed by atoms with Gasteiger partial charge in [0, 0.05) is 22.3 Å². The van der Waals surface area contributed by atoms with Crippen molar-refractivity contribution in [3.05, 3.63) is 46.7 Å². The molecule has 0 aliphatic carbocycles. The van der Waals surface area contributed by atoms with Crippen molar-refractivity contribution in [2.45, 2.75) is 52.0 Å². The zero-order valence-electron chi connectivity index (χ0n) is 16.4. The van der Waals surface area contributed by atoms with Crippen molar-refractivity contribution in [2.75, 3.05) is 4.72 Å². The van der Waals surface area contributed by atoms with Gasteiger partial charge >= 0.3 is 0 Å². The highest BCUT2D eigenvalue weighted by molar-refractivity contribution is 7.92. The number of nitrogens with one attached hydrogen (secondary N) is 1. The Labute approximate surface area is 164 Å². The van der Waals surface area contributed by atoms with Crippen LogP contribution < -0.4 is 4.72 Å². The van der Waals surface area contributed by atoms with Gasteiger partial charge in [-0.1, -0.05) is 12.1 Å². The predicted octanol–water partition coefficient (Wildman–Crippen LogP) is 4.49.